The third kappa shape index (κ3) is 6.19. The van der Waals surface area contributed by atoms with Crippen molar-refractivity contribution in [2.24, 2.45) is 0 Å². The van der Waals surface area contributed by atoms with E-state index in [4.69, 9.17) is 4.18 Å². The number of hydrogen-bond donors (Lipinski definition) is 0. The van der Waals surface area contributed by atoms with E-state index in [1.54, 1.807) is 26.0 Å². The molecule has 30 heavy (non-hydrogen) atoms. The molecule has 0 unspecified atom stereocenters. The summed E-state index contributed by atoms with van der Waals surface area (Å²) in [5, 5.41) is 0. The molecule has 1 fully saturated rings. The lowest BCUT2D eigenvalue weighted by molar-refractivity contribution is -0.129. The summed E-state index contributed by atoms with van der Waals surface area (Å²) < 4.78 is 28.5. The van der Waals surface area contributed by atoms with Crippen LogP contribution in [0.2, 0.25) is 0 Å². The zero-order valence-corrected chi connectivity index (χ0v) is 18.4. The minimum Gasteiger partial charge on any atom is -0.382 e. The first kappa shape index (κ1) is 22.1. The average Bonchev–Trinajstić information content (AvgIpc) is 2.73. The van der Waals surface area contributed by atoms with E-state index >= 15 is 0 Å². The number of aryl methyl sites for hydroxylation is 2. The maximum Gasteiger partial charge on any atom is 0.309 e. The van der Waals surface area contributed by atoms with E-state index in [0.717, 1.165) is 56.0 Å². The van der Waals surface area contributed by atoms with Crippen LogP contribution in [-0.2, 0) is 27.8 Å². The van der Waals surface area contributed by atoms with Crippen LogP contribution in [0.25, 0.3) is 0 Å². The number of amides is 1. The number of carbonyl (C=O) groups is 1. The Kier molecular flexibility index (Phi) is 7.31. The Balaban J connectivity index is 1.50. The molecule has 0 bridgehead atoms. The van der Waals surface area contributed by atoms with Crippen LogP contribution in [0.3, 0.4) is 0 Å². The molecule has 162 valence electrons. The fraction of sp³-hybridized carbons (Fsp3) is 0.455. The number of aromatic nitrogens is 1. The Labute approximate surface area is 178 Å². The predicted octanol–water partition coefficient (Wildman–Crippen LogP) is 2.65. The van der Waals surface area contributed by atoms with Crippen molar-refractivity contribution in [3.63, 3.8) is 0 Å². The van der Waals surface area contributed by atoms with E-state index in [9.17, 15) is 13.2 Å². The van der Waals surface area contributed by atoms with Crippen LogP contribution in [0.5, 0.6) is 5.75 Å². The molecule has 1 aromatic carbocycles. The lowest BCUT2D eigenvalue weighted by atomic mass is 10.1. The van der Waals surface area contributed by atoms with Gasteiger partial charge < -0.3 is 14.0 Å². The molecule has 2 heterocycles. The van der Waals surface area contributed by atoms with E-state index in [0.29, 0.717) is 12.2 Å². The molecule has 1 aromatic heterocycles. The number of piperazine rings is 1. The summed E-state index contributed by atoms with van der Waals surface area (Å²) in [6.45, 7) is 6.55. The highest BCUT2D eigenvalue weighted by molar-refractivity contribution is 7.87. The predicted molar refractivity (Wildman–Crippen MR) is 117 cm³/mol. The summed E-state index contributed by atoms with van der Waals surface area (Å²) in [6, 6.07) is 11.3. The van der Waals surface area contributed by atoms with Crippen LogP contribution in [0.4, 0.5) is 5.69 Å². The zero-order chi connectivity index (χ0) is 21.6. The zero-order valence-electron chi connectivity index (χ0n) is 17.6. The normalized spacial score (nSPS) is 14.6. The Morgan fingerprint density at radius 2 is 1.73 bits per heavy atom. The standard InChI is InChI=1S/C22H29N3O4S/c1-3-16-30(27,28)29-22-10-5-19(6-11-22)4-7-20-8-9-21(17-23-20)25-14-12-24(13-15-25)18(2)26/h5-6,8-11,17H,3-4,7,12-16H2,1-2H3. The molecule has 1 aliphatic heterocycles. The van der Waals surface area contributed by atoms with Gasteiger partial charge in [0.1, 0.15) is 5.75 Å². The number of benzene rings is 1. The molecule has 0 radical (unpaired) electrons. The molecule has 1 amide bonds. The minimum atomic E-state index is -3.51. The third-order valence-corrected chi connectivity index (χ3v) is 6.52. The SMILES string of the molecule is CCCS(=O)(=O)Oc1ccc(CCc2ccc(N3CCN(C(C)=O)CC3)cn2)cc1. The Morgan fingerprint density at radius 3 is 2.30 bits per heavy atom. The van der Waals surface area contributed by atoms with Gasteiger partial charge in [-0.25, -0.2) is 0 Å². The number of anilines is 1. The minimum absolute atomic E-state index is 0.0167. The molecule has 0 aliphatic carbocycles. The van der Waals surface area contributed by atoms with Gasteiger partial charge in [0.2, 0.25) is 5.91 Å². The largest absolute Gasteiger partial charge is 0.382 e. The monoisotopic (exact) mass is 431 g/mol. The van der Waals surface area contributed by atoms with Crippen LogP contribution in [0, 0.1) is 0 Å². The first-order valence-corrected chi connectivity index (χ1v) is 11.9. The third-order valence-electron chi connectivity index (χ3n) is 5.17. The molecule has 3 rings (SSSR count). The van der Waals surface area contributed by atoms with Gasteiger partial charge in [0, 0.05) is 38.8 Å². The van der Waals surface area contributed by atoms with E-state index in [1.165, 1.54) is 0 Å². The fourth-order valence-corrected chi connectivity index (χ4v) is 4.44. The number of nitrogens with zero attached hydrogens (tertiary/aromatic N) is 3. The molecule has 7 nitrogen and oxygen atoms in total. The molecule has 1 saturated heterocycles. The highest BCUT2D eigenvalue weighted by atomic mass is 32.2. The fourth-order valence-electron chi connectivity index (χ4n) is 3.45. The van der Waals surface area contributed by atoms with Gasteiger partial charge in [-0.1, -0.05) is 19.1 Å². The Morgan fingerprint density at radius 1 is 1.03 bits per heavy atom. The average molecular weight is 432 g/mol. The molecular weight excluding hydrogens is 402 g/mol. The lowest BCUT2D eigenvalue weighted by Gasteiger charge is -2.35. The van der Waals surface area contributed by atoms with Crippen molar-refractivity contribution in [1.82, 2.24) is 9.88 Å². The molecule has 8 heteroatoms. The number of carbonyl (C=O) groups excluding carboxylic acids is 1. The second-order valence-electron chi connectivity index (χ2n) is 7.49. The van der Waals surface area contributed by atoms with Crippen LogP contribution in [0.1, 0.15) is 31.5 Å². The number of hydrogen-bond acceptors (Lipinski definition) is 6. The topological polar surface area (TPSA) is 79.8 Å². The van der Waals surface area contributed by atoms with Gasteiger partial charge in [-0.2, -0.15) is 8.42 Å². The molecular formula is C22H29N3O4S. The first-order chi connectivity index (χ1) is 14.4. The summed E-state index contributed by atoms with van der Waals surface area (Å²) in [7, 11) is -3.51. The van der Waals surface area contributed by atoms with Crippen molar-refractivity contribution < 1.29 is 17.4 Å². The van der Waals surface area contributed by atoms with Gasteiger partial charge in [0.05, 0.1) is 17.6 Å². The van der Waals surface area contributed by atoms with Crippen molar-refractivity contribution in [3.05, 3.63) is 53.9 Å². The van der Waals surface area contributed by atoms with Crippen molar-refractivity contribution in [2.45, 2.75) is 33.1 Å². The van der Waals surface area contributed by atoms with Crippen LogP contribution >= 0.6 is 0 Å². The van der Waals surface area contributed by atoms with E-state index in [2.05, 4.69) is 16.0 Å². The van der Waals surface area contributed by atoms with Crippen molar-refractivity contribution >= 4 is 21.7 Å². The summed E-state index contributed by atoms with van der Waals surface area (Å²) in [5.74, 6) is 0.493. The summed E-state index contributed by atoms with van der Waals surface area (Å²) >= 11 is 0. The van der Waals surface area contributed by atoms with Gasteiger partial charge in [-0.3, -0.25) is 9.78 Å². The van der Waals surface area contributed by atoms with Crippen LogP contribution in [-0.4, -0.2) is 56.1 Å². The molecule has 0 N–H and O–H groups in total. The molecule has 0 atom stereocenters. The molecule has 1 aliphatic rings. The van der Waals surface area contributed by atoms with Crippen molar-refractivity contribution in [2.75, 3.05) is 36.8 Å². The summed E-state index contributed by atoms with van der Waals surface area (Å²) in [4.78, 5) is 20.1. The smallest absolute Gasteiger partial charge is 0.309 e. The Hall–Kier alpha value is -2.61. The van der Waals surface area contributed by atoms with Gasteiger partial charge in [0.15, 0.2) is 0 Å². The highest BCUT2D eigenvalue weighted by Crippen LogP contribution is 2.18. The quantitative estimate of drug-likeness (QED) is 0.598. The highest BCUT2D eigenvalue weighted by Gasteiger charge is 2.18. The maximum atomic E-state index is 11.7. The van der Waals surface area contributed by atoms with Crippen molar-refractivity contribution in [3.8, 4) is 5.75 Å². The second kappa shape index (κ2) is 9.93. The lowest BCUT2D eigenvalue weighted by Crippen LogP contribution is -2.48. The van der Waals surface area contributed by atoms with Gasteiger partial charge in [-0.05, 0) is 49.1 Å². The van der Waals surface area contributed by atoms with Gasteiger partial charge >= 0.3 is 10.1 Å². The van der Waals surface area contributed by atoms with E-state index in [1.807, 2.05) is 29.3 Å². The van der Waals surface area contributed by atoms with E-state index in [-0.39, 0.29) is 11.7 Å². The summed E-state index contributed by atoms with van der Waals surface area (Å²) in [6.07, 6.45) is 4.04. The van der Waals surface area contributed by atoms with Crippen LogP contribution < -0.4 is 9.08 Å². The van der Waals surface area contributed by atoms with Crippen molar-refractivity contribution in [1.29, 1.82) is 0 Å². The molecule has 2 aromatic rings. The second-order valence-corrected chi connectivity index (χ2v) is 9.18. The Bertz CT molecular complexity index is 935. The number of pyridine rings is 1. The number of rotatable bonds is 8. The molecule has 0 spiro atoms. The first-order valence-electron chi connectivity index (χ1n) is 10.3. The summed E-state index contributed by atoms with van der Waals surface area (Å²) in [5.41, 5.74) is 3.19. The maximum absolute atomic E-state index is 11.7. The van der Waals surface area contributed by atoms with Gasteiger partial charge in [0.25, 0.3) is 0 Å². The van der Waals surface area contributed by atoms with Crippen LogP contribution in [0.15, 0.2) is 42.6 Å². The molecule has 0 saturated carbocycles. The van der Waals surface area contributed by atoms with Gasteiger partial charge in [-0.15, -0.1) is 0 Å². The van der Waals surface area contributed by atoms with E-state index < -0.39 is 10.1 Å².